The highest BCUT2D eigenvalue weighted by Crippen LogP contribution is 2.17. The minimum Gasteiger partial charge on any atom is -0.497 e. The molecule has 0 spiro atoms. The van der Waals surface area contributed by atoms with Gasteiger partial charge in [-0.3, -0.25) is 9.59 Å². The molecule has 0 amide bonds. The lowest BCUT2D eigenvalue weighted by molar-refractivity contribution is -0.136. The molecule has 0 saturated carbocycles. The molecule has 0 heterocycles. The first kappa shape index (κ1) is 15.6. The van der Waals surface area contributed by atoms with Crippen LogP contribution in [-0.2, 0) is 19.1 Å². The molecule has 0 atom stereocenters. The number of carbonyl (C=O) groups excluding carboxylic acids is 2. The number of hydrogen-bond acceptors (Lipinski definition) is 5. The summed E-state index contributed by atoms with van der Waals surface area (Å²) in [5.41, 5.74) is 0.437. The first-order chi connectivity index (χ1) is 10.4. The van der Waals surface area contributed by atoms with Crippen LogP contribution in [0.25, 0.3) is 11.8 Å². The Morgan fingerprint density at radius 2 is 1.73 bits per heavy atom. The topological polar surface area (TPSA) is 61.8 Å². The molecule has 1 aromatic carbocycles. The maximum atomic E-state index is 11.3. The molecule has 1 aromatic rings. The van der Waals surface area contributed by atoms with Gasteiger partial charge in [0, 0.05) is 24.6 Å². The van der Waals surface area contributed by atoms with Crippen LogP contribution in [-0.4, -0.2) is 19.0 Å². The summed E-state index contributed by atoms with van der Waals surface area (Å²) in [7, 11) is 1.55. The Labute approximate surface area is 127 Å². The van der Waals surface area contributed by atoms with E-state index in [1.54, 1.807) is 37.5 Å². The van der Waals surface area contributed by atoms with Crippen LogP contribution in [0.3, 0.4) is 0 Å². The van der Waals surface area contributed by atoms with Crippen molar-refractivity contribution in [3.63, 3.8) is 0 Å². The fraction of sp³-hybridized carbons (Fsp3) is 0.176. The van der Waals surface area contributed by atoms with Crippen LogP contribution >= 0.6 is 0 Å². The van der Waals surface area contributed by atoms with Gasteiger partial charge in [-0.2, -0.15) is 0 Å². The molecule has 22 heavy (non-hydrogen) atoms. The summed E-state index contributed by atoms with van der Waals surface area (Å²) in [4.78, 5) is 22.5. The van der Waals surface area contributed by atoms with E-state index in [0.29, 0.717) is 33.3 Å². The zero-order chi connectivity index (χ0) is 16.3. The summed E-state index contributed by atoms with van der Waals surface area (Å²) < 4.78 is 15.6. The molecule has 2 rings (SSSR count). The average molecular weight is 300 g/mol. The van der Waals surface area contributed by atoms with Gasteiger partial charge in [-0.15, -0.1) is 0 Å². The molecule has 1 aliphatic rings. The third-order valence-corrected chi connectivity index (χ3v) is 2.92. The van der Waals surface area contributed by atoms with Gasteiger partial charge in [0.05, 0.1) is 7.11 Å². The van der Waals surface area contributed by atoms with E-state index in [1.807, 2.05) is 0 Å². The van der Waals surface area contributed by atoms with E-state index in [4.69, 9.17) is 14.2 Å². The monoisotopic (exact) mass is 300 g/mol. The maximum Gasteiger partial charge on any atom is 0.308 e. The Morgan fingerprint density at radius 1 is 1.05 bits per heavy atom. The summed E-state index contributed by atoms with van der Waals surface area (Å²) in [6.45, 7) is 6.50. The van der Waals surface area contributed by atoms with E-state index in [2.05, 4.69) is 6.58 Å². The molecule has 0 bridgehead atoms. The maximum absolute atomic E-state index is 11.3. The minimum absolute atomic E-state index is 0.314. The van der Waals surface area contributed by atoms with Crippen LogP contribution in [0, 0.1) is 0 Å². The molecular formula is C17H16O5. The second kappa shape index (κ2) is 6.30. The standard InChI is InChI=1S/C17H16O5/c1-10-7-15(21-11(2)18)9-13-8-14(20-4)5-6-16(13)17(10)22-12(3)19/h5-9H,1H2,2-4H3. The Kier molecular flexibility index (Phi) is 4.46. The smallest absolute Gasteiger partial charge is 0.308 e. The number of allylic oxidation sites excluding steroid dienone is 1. The van der Waals surface area contributed by atoms with E-state index >= 15 is 0 Å². The van der Waals surface area contributed by atoms with E-state index in [0.717, 1.165) is 0 Å². The highest BCUT2D eigenvalue weighted by atomic mass is 16.5. The molecule has 5 nitrogen and oxygen atoms in total. The van der Waals surface area contributed by atoms with Crippen molar-refractivity contribution in [2.24, 2.45) is 0 Å². The molecule has 1 aliphatic carbocycles. The van der Waals surface area contributed by atoms with Gasteiger partial charge in [0.1, 0.15) is 17.3 Å². The number of rotatable bonds is 3. The fourth-order valence-electron chi connectivity index (χ4n) is 2.09. The molecule has 0 aliphatic heterocycles. The van der Waals surface area contributed by atoms with Crippen molar-refractivity contribution in [3.05, 3.63) is 52.6 Å². The minimum atomic E-state index is -0.456. The fourth-order valence-corrected chi connectivity index (χ4v) is 2.09. The molecule has 5 heteroatoms. The second-order valence-electron chi connectivity index (χ2n) is 4.69. The van der Waals surface area contributed by atoms with Gasteiger partial charge in [-0.25, -0.2) is 0 Å². The molecular weight excluding hydrogens is 284 g/mol. The van der Waals surface area contributed by atoms with Gasteiger partial charge < -0.3 is 14.2 Å². The summed E-state index contributed by atoms with van der Waals surface area (Å²) in [6.07, 6.45) is 3.22. The largest absolute Gasteiger partial charge is 0.497 e. The van der Waals surface area contributed by atoms with E-state index < -0.39 is 11.9 Å². The molecule has 0 saturated heterocycles. The van der Waals surface area contributed by atoms with E-state index in [9.17, 15) is 9.59 Å². The third kappa shape index (κ3) is 3.44. The summed E-state index contributed by atoms with van der Waals surface area (Å²) in [5, 5.41) is 1.36. The number of methoxy groups -OCH3 is 1. The highest BCUT2D eigenvalue weighted by molar-refractivity contribution is 5.79. The molecule has 0 radical (unpaired) electrons. The van der Waals surface area contributed by atoms with Crippen molar-refractivity contribution in [1.29, 1.82) is 0 Å². The molecule has 0 N–H and O–H groups in total. The SMILES string of the molecule is C=C1C=C(OC(C)=O)C=c2cc(OC)ccc2=C1OC(C)=O. The Morgan fingerprint density at radius 3 is 2.32 bits per heavy atom. The number of benzene rings is 1. The first-order valence-electron chi connectivity index (χ1n) is 6.58. The van der Waals surface area contributed by atoms with Crippen LogP contribution in [0.4, 0.5) is 0 Å². The van der Waals surface area contributed by atoms with Crippen molar-refractivity contribution in [2.45, 2.75) is 13.8 Å². The lowest BCUT2D eigenvalue weighted by Crippen LogP contribution is -2.28. The lowest BCUT2D eigenvalue weighted by atomic mass is 10.1. The van der Waals surface area contributed by atoms with Crippen LogP contribution in [0.15, 0.2) is 42.2 Å². The predicted octanol–water partition coefficient (Wildman–Crippen LogP) is 1.16. The van der Waals surface area contributed by atoms with Crippen LogP contribution in [0.5, 0.6) is 5.75 Å². The van der Waals surface area contributed by atoms with Crippen molar-refractivity contribution in [3.8, 4) is 5.75 Å². The zero-order valence-corrected chi connectivity index (χ0v) is 12.6. The summed E-state index contributed by atoms with van der Waals surface area (Å²) in [5.74, 6) is 0.363. The number of ether oxygens (including phenoxy) is 3. The van der Waals surface area contributed by atoms with Gasteiger partial charge >= 0.3 is 11.9 Å². The van der Waals surface area contributed by atoms with Gasteiger partial charge in [0.2, 0.25) is 0 Å². The number of fused-ring (bicyclic) bond motifs is 1. The number of esters is 2. The average Bonchev–Trinajstić information content (AvgIpc) is 2.54. The number of carbonyl (C=O) groups is 2. The van der Waals surface area contributed by atoms with Crippen LogP contribution in [0.1, 0.15) is 13.8 Å². The lowest BCUT2D eigenvalue weighted by Gasteiger charge is -2.07. The second-order valence-corrected chi connectivity index (χ2v) is 4.69. The van der Waals surface area contributed by atoms with E-state index in [1.165, 1.54) is 13.8 Å². The molecule has 0 unspecified atom stereocenters. The third-order valence-electron chi connectivity index (χ3n) is 2.92. The van der Waals surface area contributed by atoms with Gasteiger partial charge in [0.15, 0.2) is 0 Å². The first-order valence-corrected chi connectivity index (χ1v) is 6.58. The normalized spacial score (nSPS) is 13.3. The van der Waals surface area contributed by atoms with Gasteiger partial charge in [0.25, 0.3) is 0 Å². The Hall–Kier alpha value is -2.82. The quantitative estimate of drug-likeness (QED) is 0.784. The van der Waals surface area contributed by atoms with Gasteiger partial charge in [-0.05, 0) is 35.6 Å². The van der Waals surface area contributed by atoms with Crippen molar-refractivity contribution < 1.29 is 23.8 Å². The Balaban J connectivity index is 2.72. The van der Waals surface area contributed by atoms with Crippen LogP contribution in [0.2, 0.25) is 0 Å². The van der Waals surface area contributed by atoms with Crippen molar-refractivity contribution >= 4 is 23.8 Å². The summed E-state index contributed by atoms with van der Waals surface area (Å²) in [6, 6.07) is 5.27. The summed E-state index contributed by atoms with van der Waals surface area (Å²) >= 11 is 0. The van der Waals surface area contributed by atoms with Crippen molar-refractivity contribution in [2.75, 3.05) is 7.11 Å². The Bertz CT molecular complexity index is 799. The molecule has 0 fully saturated rings. The van der Waals surface area contributed by atoms with Crippen LogP contribution < -0.4 is 15.2 Å². The molecule has 114 valence electrons. The van der Waals surface area contributed by atoms with E-state index in [-0.39, 0.29) is 0 Å². The predicted molar refractivity (Wildman–Crippen MR) is 80.9 cm³/mol. The van der Waals surface area contributed by atoms with Crippen molar-refractivity contribution in [1.82, 2.24) is 0 Å². The highest BCUT2D eigenvalue weighted by Gasteiger charge is 2.13. The molecule has 0 aromatic heterocycles. The van der Waals surface area contributed by atoms with Gasteiger partial charge in [-0.1, -0.05) is 6.58 Å². The number of hydrogen-bond donors (Lipinski definition) is 0. The zero-order valence-electron chi connectivity index (χ0n) is 12.6.